The van der Waals surface area contributed by atoms with Crippen LogP contribution in [0.3, 0.4) is 0 Å². The average Bonchev–Trinajstić information content (AvgIpc) is 3.01. The van der Waals surface area contributed by atoms with Crippen LogP contribution < -0.4 is 14.4 Å². The number of allylic oxidation sites excluding steroid dienone is 1. The Hall–Kier alpha value is -2.83. The first kappa shape index (κ1) is 23.3. The first-order chi connectivity index (χ1) is 15.9. The number of hydrogen-bond acceptors (Lipinski definition) is 6. The molecule has 1 fully saturated rings. The number of rotatable bonds is 8. The summed E-state index contributed by atoms with van der Waals surface area (Å²) < 4.78 is 11.0. The Kier molecular flexibility index (Phi) is 7.05. The van der Waals surface area contributed by atoms with Gasteiger partial charge in [-0.1, -0.05) is 32.0 Å². The fourth-order valence-corrected chi connectivity index (χ4v) is 4.81. The second kappa shape index (κ2) is 9.98. The zero-order valence-electron chi connectivity index (χ0n) is 20.2. The third kappa shape index (κ3) is 5.23. The molecule has 0 atom stereocenters. The molecule has 2 aliphatic rings. The number of likely N-dealkylation sites (N-methyl/N-ethyl adjacent to an activating group) is 1. The molecule has 0 aromatic heterocycles. The van der Waals surface area contributed by atoms with Gasteiger partial charge in [0.1, 0.15) is 18.1 Å². The molecule has 0 unspecified atom stereocenters. The number of nitrogens with zero attached hydrogens (tertiary/aromatic N) is 3. The van der Waals surface area contributed by atoms with E-state index in [-0.39, 0.29) is 11.2 Å². The quantitative estimate of drug-likeness (QED) is 0.574. The lowest BCUT2D eigenvalue weighted by Gasteiger charge is -2.34. The monoisotopic (exact) mass is 449 g/mol. The summed E-state index contributed by atoms with van der Waals surface area (Å²) >= 11 is 0. The maximum atomic E-state index is 12.9. The Morgan fingerprint density at radius 3 is 2.27 bits per heavy atom. The minimum Gasteiger partial charge on any atom is -0.497 e. The molecule has 0 aliphatic carbocycles. The summed E-state index contributed by atoms with van der Waals surface area (Å²) in [6.07, 6.45) is 1.86. The van der Waals surface area contributed by atoms with Gasteiger partial charge in [-0.25, -0.2) is 0 Å². The highest BCUT2D eigenvalue weighted by Crippen LogP contribution is 2.46. The van der Waals surface area contributed by atoms with Crippen molar-refractivity contribution in [2.75, 3.05) is 64.9 Å². The standard InChI is InChI=1S/C27H35N3O3/c1-27(2)24-7-5-6-8-25(24)28(3)26(27)19-21(31)20-30-15-13-29(14-16-30)17-18-33-23-11-9-22(32-4)10-12-23/h5-12,19H,13-18,20H2,1-4H3/b26-19+. The van der Waals surface area contributed by atoms with Gasteiger partial charge in [0.15, 0.2) is 5.78 Å². The molecule has 33 heavy (non-hydrogen) atoms. The molecule has 2 aromatic rings. The molecule has 0 saturated carbocycles. The minimum atomic E-state index is -0.163. The Morgan fingerprint density at radius 1 is 0.970 bits per heavy atom. The van der Waals surface area contributed by atoms with Crippen molar-refractivity contribution >= 4 is 11.5 Å². The first-order valence-corrected chi connectivity index (χ1v) is 11.7. The normalized spacial score (nSPS) is 19.5. The van der Waals surface area contributed by atoms with E-state index in [4.69, 9.17) is 9.47 Å². The van der Waals surface area contributed by atoms with Gasteiger partial charge in [0, 0.05) is 62.6 Å². The highest BCUT2D eigenvalue weighted by Gasteiger charge is 2.38. The van der Waals surface area contributed by atoms with Crippen molar-refractivity contribution in [3.05, 3.63) is 65.9 Å². The summed E-state index contributed by atoms with van der Waals surface area (Å²) in [6, 6.07) is 16.1. The maximum Gasteiger partial charge on any atom is 0.171 e. The highest BCUT2D eigenvalue weighted by molar-refractivity contribution is 5.94. The number of ketones is 1. The molecule has 2 aromatic carbocycles. The third-order valence-corrected chi connectivity index (χ3v) is 6.82. The molecular weight excluding hydrogens is 414 g/mol. The third-order valence-electron chi connectivity index (χ3n) is 6.82. The van der Waals surface area contributed by atoms with Gasteiger partial charge in [-0.15, -0.1) is 0 Å². The number of hydrogen-bond donors (Lipinski definition) is 0. The number of piperazine rings is 1. The minimum absolute atomic E-state index is 0.163. The number of fused-ring (bicyclic) bond motifs is 1. The molecule has 2 heterocycles. The summed E-state index contributed by atoms with van der Waals surface area (Å²) in [5, 5.41) is 0. The van der Waals surface area contributed by atoms with E-state index >= 15 is 0 Å². The van der Waals surface area contributed by atoms with Gasteiger partial charge in [0.25, 0.3) is 0 Å². The van der Waals surface area contributed by atoms with Crippen molar-refractivity contribution in [3.8, 4) is 11.5 Å². The van der Waals surface area contributed by atoms with Crippen molar-refractivity contribution < 1.29 is 14.3 Å². The van der Waals surface area contributed by atoms with Crippen LogP contribution in [0.25, 0.3) is 0 Å². The summed E-state index contributed by atoms with van der Waals surface area (Å²) in [5.41, 5.74) is 3.37. The zero-order chi connectivity index (χ0) is 23.4. The average molecular weight is 450 g/mol. The summed E-state index contributed by atoms with van der Waals surface area (Å²) in [7, 11) is 3.71. The van der Waals surface area contributed by atoms with Gasteiger partial charge in [-0.2, -0.15) is 0 Å². The van der Waals surface area contributed by atoms with Gasteiger partial charge in [-0.3, -0.25) is 14.6 Å². The summed E-state index contributed by atoms with van der Waals surface area (Å²) in [5.74, 6) is 1.86. The highest BCUT2D eigenvalue weighted by atomic mass is 16.5. The maximum absolute atomic E-state index is 12.9. The number of carbonyl (C=O) groups is 1. The zero-order valence-corrected chi connectivity index (χ0v) is 20.2. The lowest BCUT2D eigenvalue weighted by molar-refractivity contribution is -0.116. The lowest BCUT2D eigenvalue weighted by Crippen LogP contribution is -2.48. The largest absolute Gasteiger partial charge is 0.497 e. The van der Waals surface area contributed by atoms with Crippen LogP contribution >= 0.6 is 0 Å². The van der Waals surface area contributed by atoms with Crippen molar-refractivity contribution in [1.29, 1.82) is 0 Å². The second-order valence-corrected chi connectivity index (χ2v) is 9.34. The Labute approximate surface area is 197 Å². The summed E-state index contributed by atoms with van der Waals surface area (Å²) in [6.45, 7) is 10.1. The fraction of sp³-hybridized carbons (Fsp3) is 0.444. The van der Waals surface area contributed by atoms with Gasteiger partial charge >= 0.3 is 0 Å². The predicted molar refractivity (Wildman–Crippen MR) is 132 cm³/mol. The Morgan fingerprint density at radius 2 is 1.61 bits per heavy atom. The number of carbonyl (C=O) groups excluding carboxylic acids is 1. The molecule has 6 heteroatoms. The summed E-state index contributed by atoms with van der Waals surface area (Å²) in [4.78, 5) is 19.7. The topological polar surface area (TPSA) is 45.3 Å². The number of anilines is 1. The number of benzene rings is 2. The van der Waals surface area contributed by atoms with Gasteiger partial charge in [-0.05, 0) is 35.9 Å². The molecule has 2 aliphatic heterocycles. The Balaban J connectivity index is 1.23. The van der Waals surface area contributed by atoms with Crippen LogP contribution in [0.1, 0.15) is 19.4 Å². The van der Waals surface area contributed by atoms with E-state index < -0.39 is 0 Å². The van der Waals surface area contributed by atoms with Crippen molar-refractivity contribution in [2.45, 2.75) is 19.3 Å². The van der Waals surface area contributed by atoms with Crippen LogP contribution in [0.2, 0.25) is 0 Å². The molecule has 4 rings (SSSR count). The van der Waals surface area contributed by atoms with Gasteiger partial charge in [0.05, 0.1) is 13.7 Å². The predicted octanol–water partition coefficient (Wildman–Crippen LogP) is 3.57. The van der Waals surface area contributed by atoms with E-state index in [1.807, 2.05) is 30.3 Å². The van der Waals surface area contributed by atoms with Crippen LogP contribution in [-0.2, 0) is 10.2 Å². The fourth-order valence-electron chi connectivity index (χ4n) is 4.81. The van der Waals surface area contributed by atoms with E-state index in [0.29, 0.717) is 13.2 Å². The van der Waals surface area contributed by atoms with Crippen LogP contribution in [0.15, 0.2) is 60.3 Å². The number of methoxy groups -OCH3 is 1. The van der Waals surface area contributed by atoms with Crippen LogP contribution in [0, 0.1) is 0 Å². The molecular formula is C27H35N3O3. The van der Waals surface area contributed by atoms with Crippen LogP contribution in [0.5, 0.6) is 11.5 Å². The molecule has 1 saturated heterocycles. The van der Waals surface area contributed by atoms with Crippen LogP contribution in [0.4, 0.5) is 5.69 Å². The molecule has 0 bridgehead atoms. The van der Waals surface area contributed by atoms with Crippen LogP contribution in [-0.4, -0.2) is 75.6 Å². The van der Waals surface area contributed by atoms with E-state index in [1.165, 1.54) is 11.3 Å². The first-order valence-electron chi connectivity index (χ1n) is 11.7. The lowest BCUT2D eigenvalue weighted by atomic mass is 9.83. The molecule has 0 spiro atoms. The molecule has 0 amide bonds. The molecule has 0 radical (unpaired) electrons. The number of para-hydroxylation sites is 1. The van der Waals surface area contributed by atoms with Crippen molar-refractivity contribution in [1.82, 2.24) is 9.80 Å². The Bertz CT molecular complexity index is 992. The van der Waals surface area contributed by atoms with E-state index in [9.17, 15) is 4.79 Å². The van der Waals surface area contributed by atoms with Gasteiger partial charge < -0.3 is 14.4 Å². The smallest absolute Gasteiger partial charge is 0.171 e. The molecule has 176 valence electrons. The molecule has 6 nitrogen and oxygen atoms in total. The van der Waals surface area contributed by atoms with Gasteiger partial charge in [0.2, 0.25) is 0 Å². The SMILES string of the molecule is COc1ccc(OCCN2CCN(CC(=O)/C=C3/N(C)c4ccccc4C3(C)C)CC2)cc1. The van der Waals surface area contributed by atoms with E-state index in [1.54, 1.807) is 7.11 Å². The number of ether oxygens (including phenoxy) is 2. The van der Waals surface area contributed by atoms with E-state index in [0.717, 1.165) is 49.9 Å². The van der Waals surface area contributed by atoms with Crippen molar-refractivity contribution in [2.24, 2.45) is 0 Å². The van der Waals surface area contributed by atoms with Crippen molar-refractivity contribution in [3.63, 3.8) is 0 Å². The molecule has 0 N–H and O–H groups in total. The second-order valence-electron chi connectivity index (χ2n) is 9.34. The van der Waals surface area contributed by atoms with E-state index in [2.05, 4.69) is 59.9 Å².